The highest BCUT2D eigenvalue weighted by molar-refractivity contribution is 5.67. The van der Waals surface area contributed by atoms with E-state index in [-0.39, 0.29) is 5.41 Å². The number of ether oxygens (including phenoxy) is 1. The van der Waals surface area contributed by atoms with E-state index in [0.29, 0.717) is 0 Å². The Morgan fingerprint density at radius 1 is 1.30 bits per heavy atom. The molecule has 2 aliphatic rings. The second-order valence-corrected chi connectivity index (χ2v) is 5.78. The van der Waals surface area contributed by atoms with Gasteiger partial charge in [0, 0.05) is 24.1 Å². The van der Waals surface area contributed by atoms with Crippen molar-refractivity contribution < 1.29 is 4.74 Å². The monoisotopic (exact) mass is 269 g/mol. The molecule has 1 atom stereocenters. The van der Waals surface area contributed by atoms with Crippen LogP contribution < -0.4 is 10.1 Å². The Balaban J connectivity index is 1.83. The lowest BCUT2D eigenvalue weighted by atomic mass is 9.85. The van der Waals surface area contributed by atoms with Gasteiger partial charge in [-0.25, -0.2) is 4.98 Å². The minimum absolute atomic E-state index is 0.264. The van der Waals surface area contributed by atoms with Crippen LogP contribution in [0.5, 0.6) is 5.75 Å². The Bertz CT molecular complexity index is 641. The quantitative estimate of drug-likeness (QED) is 0.908. The van der Waals surface area contributed by atoms with Gasteiger partial charge in [0.15, 0.2) is 0 Å². The van der Waals surface area contributed by atoms with Gasteiger partial charge >= 0.3 is 0 Å². The zero-order valence-corrected chi connectivity index (χ0v) is 11.7. The zero-order valence-electron chi connectivity index (χ0n) is 11.7. The highest BCUT2D eigenvalue weighted by atomic mass is 16.5. The number of imidazole rings is 1. The summed E-state index contributed by atoms with van der Waals surface area (Å²) in [6, 6.07) is 8.18. The van der Waals surface area contributed by atoms with E-state index in [2.05, 4.69) is 22.0 Å². The van der Waals surface area contributed by atoms with Crippen LogP contribution >= 0.6 is 0 Å². The molecule has 104 valence electrons. The van der Waals surface area contributed by atoms with Crippen molar-refractivity contribution in [3.05, 3.63) is 36.3 Å². The standard InChI is InChI=1S/C16H19N3O/c1-20-14-5-3-2-4-12(14)13-10-18-15-16(6-8-17-11-16)7-9-19(13)15/h2-5,10,17H,6-9,11H2,1H3/t16-/m1/s1. The summed E-state index contributed by atoms with van der Waals surface area (Å²) in [5, 5.41) is 3.49. The fraction of sp³-hybridized carbons (Fsp3) is 0.438. The van der Waals surface area contributed by atoms with Crippen molar-refractivity contribution in [2.24, 2.45) is 0 Å². The Hall–Kier alpha value is -1.81. The van der Waals surface area contributed by atoms with E-state index in [0.717, 1.165) is 30.9 Å². The summed E-state index contributed by atoms with van der Waals surface area (Å²) in [6.45, 7) is 3.23. The van der Waals surface area contributed by atoms with Crippen LogP contribution in [0.2, 0.25) is 0 Å². The average Bonchev–Trinajstić information content (AvgIpc) is 3.19. The van der Waals surface area contributed by atoms with Gasteiger partial charge in [-0.3, -0.25) is 0 Å². The van der Waals surface area contributed by atoms with Crippen molar-refractivity contribution in [1.82, 2.24) is 14.9 Å². The molecule has 4 rings (SSSR count). The number of fused-ring (bicyclic) bond motifs is 2. The smallest absolute Gasteiger partial charge is 0.128 e. The first-order valence-corrected chi connectivity index (χ1v) is 7.24. The molecule has 1 N–H and O–H groups in total. The SMILES string of the molecule is COc1ccccc1-c1cnc2n1CC[C@@]21CCNC1. The van der Waals surface area contributed by atoms with Crippen LogP contribution in [0.25, 0.3) is 11.3 Å². The molecule has 20 heavy (non-hydrogen) atoms. The Morgan fingerprint density at radius 3 is 3.00 bits per heavy atom. The molecule has 1 aromatic heterocycles. The van der Waals surface area contributed by atoms with Crippen LogP contribution in [0, 0.1) is 0 Å². The molecule has 0 saturated carbocycles. The zero-order chi connectivity index (χ0) is 13.6. The van der Waals surface area contributed by atoms with E-state index in [9.17, 15) is 0 Å². The molecule has 1 saturated heterocycles. The topological polar surface area (TPSA) is 39.1 Å². The fourth-order valence-electron chi connectivity index (χ4n) is 3.68. The van der Waals surface area contributed by atoms with Crippen molar-refractivity contribution in [2.45, 2.75) is 24.8 Å². The summed E-state index contributed by atoms with van der Waals surface area (Å²) < 4.78 is 7.87. The van der Waals surface area contributed by atoms with E-state index in [1.165, 1.54) is 24.4 Å². The van der Waals surface area contributed by atoms with E-state index in [1.807, 2.05) is 18.3 Å². The van der Waals surface area contributed by atoms with Gasteiger partial charge in [-0.1, -0.05) is 12.1 Å². The van der Waals surface area contributed by atoms with Crippen molar-refractivity contribution >= 4 is 0 Å². The summed E-state index contributed by atoms with van der Waals surface area (Å²) in [4.78, 5) is 4.75. The van der Waals surface area contributed by atoms with Crippen LogP contribution in [-0.4, -0.2) is 29.8 Å². The largest absolute Gasteiger partial charge is 0.496 e. The maximum absolute atomic E-state index is 5.49. The Labute approximate surface area is 118 Å². The number of benzene rings is 1. The number of methoxy groups -OCH3 is 1. The average molecular weight is 269 g/mol. The lowest BCUT2D eigenvalue weighted by molar-refractivity contribution is 0.416. The van der Waals surface area contributed by atoms with Gasteiger partial charge in [0.05, 0.1) is 19.0 Å². The summed E-state index contributed by atoms with van der Waals surface area (Å²) >= 11 is 0. The van der Waals surface area contributed by atoms with Gasteiger partial charge in [-0.05, 0) is 31.5 Å². The summed E-state index contributed by atoms with van der Waals surface area (Å²) in [5.74, 6) is 2.17. The maximum Gasteiger partial charge on any atom is 0.128 e. The minimum atomic E-state index is 0.264. The van der Waals surface area contributed by atoms with Crippen molar-refractivity contribution in [1.29, 1.82) is 0 Å². The molecule has 1 spiro atoms. The predicted octanol–water partition coefficient (Wildman–Crippen LogP) is 2.19. The Kier molecular flexibility index (Phi) is 2.60. The highest BCUT2D eigenvalue weighted by Crippen LogP contribution is 2.42. The van der Waals surface area contributed by atoms with Crippen LogP contribution in [0.15, 0.2) is 30.5 Å². The molecular weight excluding hydrogens is 250 g/mol. The molecule has 0 unspecified atom stereocenters. The fourth-order valence-corrected chi connectivity index (χ4v) is 3.68. The van der Waals surface area contributed by atoms with Crippen molar-refractivity contribution in [3.8, 4) is 17.0 Å². The lowest BCUT2D eigenvalue weighted by Gasteiger charge is -2.19. The van der Waals surface area contributed by atoms with E-state index < -0.39 is 0 Å². The molecule has 4 nitrogen and oxygen atoms in total. The first-order chi connectivity index (χ1) is 9.84. The first kappa shape index (κ1) is 12.0. The van der Waals surface area contributed by atoms with Crippen LogP contribution in [-0.2, 0) is 12.0 Å². The molecule has 0 bridgehead atoms. The van der Waals surface area contributed by atoms with Gasteiger partial charge in [-0.2, -0.15) is 0 Å². The highest BCUT2D eigenvalue weighted by Gasteiger charge is 2.43. The normalized spacial score (nSPS) is 24.2. The molecule has 1 fully saturated rings. The molecule has 2 aromatic rings. The maximum atomic E-state index is 5.49. The predicted molar refractivity (Wildman–Crippen MR) is 78.0 cm³/mol. The first-order valence-electron chi connectivity index (χ1n) is 7.24. The van der Waals surface area contributed by atoms with Crippen LogP contribution in [0.1, 0.15) is 18.7 Å². The van der Waals surface area contributed by atoms with Crippen molar-refractivity contribution in [2.75, 3.05) is 20.2 Å². The number of nitrogens with one attached hydrogen (secondary N) is 1. The van der Waals surface area contributed by atoms with E-state index in [1.54, 1.807) is 7.11 Å². The number of nitrogens with zero attached hydrogens (tertiary/aromatic N) is 2. The van der Waals surface area contributed by atoms with Gasteiger partial charge in [0.1, 0.15) is 11.6 Å². The van der Waals surface area contributed by atoms with Gasteiger partial charge in [0.25, 0.3) is 0 Å². The third-order valence-electron chi connectivity index (χ3n) is 4.77. The number of rotatable bonds is 2. The molecule has 1 aromatic carbocycles. The molecule has 2 aliphatic heterocycles. The van der Waals surface area contributed by atoms with Gasteiger partial charge in [-0.15, -0.1) is 0 Å². The minimum Gasteiger partial charge on any atom is -0.496 e. The number of hydrogen-bond donors (Lipinski definition) is 1. The second kappa shape index (κ2) is 4.35. The molecular formula is C16H19N3O. The van der Waals surface area contributed by atoms with E-state index >= 15 is 0 Å². The van der Waals surface area contributed by atoms with E-state index in [4.69, 9.17) is 9.72 Å². The third-order valence-corrected chi connectivity index (χ3v) is 4.77. The lowest BCUT2D eigenvalue weighted by Crippen LogP contribution is -2.26. The third kappa shape index (κ3) is 1.54. The van der Waals surface area contributed by atoms with Crippen LogP contribution in [0.4, 0.5) is 0 Å². The second-order valence-electron chi connectivity index (χ2n) is 5.78. The molecule has 4 heteroatoms. The van der Waals surface area contributed by atoms with Crippen LogP contribution in [0.3, 0.4) is 0 Å². The summed E-state index contributed by atoms with van der Waals surface area (Å²) in [7, 11) is 1.72. The number of aromatic nitrogens is 2. The number of para-hydroxylation sites is 1. The molecule has 3 heterocycles. The number of hydrogen-bond acceptors (Lipinski definition) is 3. The van der Waals surface area contributed by atoms with Gasteiger partial charge < -0.3 is 14.6 Å². The molecule has 0 amide bonds. The molecule has 0 radical (unpaired) electrons. The van der Waals surface area contributed by atoms with Gasteiger partial charge in [0.2, 0.25) is 0 Å². The van der Waals surface area contributed by atoms with Crippen molar-refractivity contribution in [3.63, 3.8) is 0 Å². The summed E-state index contributed by atoms with van der Waals surface area (Å²) in [6.07, 6.45) is 4.41. The molecule has 0 aliphatic carbocycles. The summed E-state index contributed by atoms with van der Waals surface area (Å²) in [5.41, 5.74) is 2.58. The Morgan fingerprint density at radius 2 is 2.20 bits per heavy atom.